The van der Waals surface area contributed by atoms with Crippen LogP contribution in [0.2, 0.25) is 0 Å². The highest BCUT2D eigenvalue weighted by Crippen LogP contribution is 2.66. The van der Waals surface area contributed by atoms with E-state index in [9.17, 15) is 9.18 Å². The summed E-state index contributed by atoms with van der Waals surface area (Å²) in [5.74, 6) is 0.626. The highest BCUT2D eigenvalue weighted by molar-refractivity contribution is 5.97. The van der Waals surface area contributed by atoms with Gasteiger partial charge in [0.2, 0.25) is 11.6 Å². The number of Topliss-reactive ketones (excluding diaryl/α,β-unsaturated/α-hetero) is 1. The fraction of sp³-hybridized carbons (Fsp3) is 0.500. The van der Waals surface area contributed by atoms with Crippen LogP contribution in [0.25, 0.3) is 0 Å². The Balaban J connectivity index is 1.46. The topological polar surface area (TPSA) is 47.8 Å². The van der Waals surface area contributed by atoms with E-state index in [2.05, 4.69) is 10.1 Å². The zero-order chi connectivity index (χ0) is 15.6. The molecule has 3 atom stereocenters. The van der Waals surface area contributed by atoms with Gasteiger partial charge in [0.05, 0.1) is 6.04 Å². The lowest BCUT2D eigenvalue weighted by molar-refractivity contribution is 0.0914. The van der Waals surface area contributed by atoms with E-state index in [4.69, 9.17) is 0 Å². The van der Waals surface area contributed by atoms with Crippen LogP contribution in [0, 0.1) is 11.3 Å². The van der Waals surface area contributed by atoms with Gasteiger partial charge in [-0.05, 0) is 30.2 Å². The maximum absolute atomic E-state index is 14.3. The third kappa shape index (κ3) is 1.85. The average Bonchev–Trinajstić information content (AvgIpc) is 3.05. The first kappa shape index (κ1) is 13.4. The third-order valence-corrected chi connectivity index (χ3v) is 5.92. The SMILES string of the molecule is O=C(c1nc2n(n1)C(c1ccccc1)CC2F)C1CC12CCC2. The largest absolute Gasteiger partial charge is 0.290 e. The number of benzene rings is 1. The van der Waals surface area contributed by atoms with Gasteiger partial charge in [0.1, 0.15) is 0 Å². The minimum atomic E-state index is -1.15. The molecule has 0 radical (unpaired) electrons. The van der Waals surface area contributed by atoms with E-state index < -0.39 is 6.17 Å². The Morgan fingerprint density at radius 1 is 1.26 bits per heavy atom. The number of carbonyl (C=O) groups excluding carboxylic acids is 1. The number of rotatable bonds is 3. The van der Waals surface area contributed by atoms with E-state index in [1.165, 1.54) is 6.42 Å². The van der Waals surface area contributed by atoms with Crippen molar-refractivity contribution in [1.82, 2.24) is 14.8 Å². The molecular weight excluding hydrogens is 293 g/mol. The molecule has 2 aromatic rings. The molecule has 0 saturated heterocycles. The van der Waals surface area contributed by atoms with Gasteiger partial charge in [-0.15, -0.1) is 5.10 Å². The minimum absolute atomic E-state index is 0.0191. The predicted molar refractivity (Wildman–Crippen MR) is 81.8 cm³/mol. The number of nitrogens with zero attached hydrogens (tertiary/aromatic N) is 3. The van der Waals surface area contributed by atoms with Crippen LogP contribution in [0.3, 0.4) is 0 Å². The Kier molecular flexibility index (Phi) is 2.62. The molecule has 3 aliphatic rings. The van der Waals surface area contributed by atoms with Crippen molar-refractivity contribution in [3.05, 3.63) is 47.5 Å². The van der Waals surface area contributed by atoms with Crippen LogP contribution in [0.5, 0.6) is 0 Å². The monoisotopic (exact) mass is 311 g/mol. The highest BCUT2D eigenvalue weighted by atomic mass is 19.1. The maximum Gasteiger partial charge on any atom is 0.217 e. The van der Waals surface area contributed by atoms with Gasteiger partial charge in [-0.2, -0.15) is 0 Å². The summed E-state index contributed by atoms with van der Waals surface area (Å²) < 4.78 is 16.0. The number of aromatic nitrogens is 3. The summed E-state index contributed by atoms with van der Waals surface area (Å²) in [5, 5.41) is 4.40. The molecule has 0 bridgehead atoms. The quantitative estimate of drug-likeness (QED) is 0.813. The molecule has 23 heavy (non-hydrogen) atoms. The van der Waals surface area contributed by atoms with Gasteiger partial charge in [0.25, 0.3) is 0 Å². The van der Waals surface area contributed by atoms with Crippen molar-refractivity contribution < 1.29 is 9.18 Å². The van der Waals surface area contributed by atoms with Crippen molar-refractivity contribution >= 4 is 5.78 Å². The van der Waals surface area contributed by atoms with E-state index in [1.807, 2.05) is 30.3 Å². The number of fused-ring (bicyclic) bond motifs is 1. The van der Waals surface area contributed by atoms with Gasteiger partial charge < -0.3 is 0 Å². The first-order chi connectivity index (χ1) is 11.2. The summed E-state index contributed by atoms with van der Waals surface area (Å²) in [6.45, 7) is 0. The van der Waals surface area contributed by atoms with Crippen LogP contribution < -0.4 is 0 Å². The first-order valence-electron chi connectivity index (χ1n) is 8.38. The van der Waals surface area contributed by atoms with Crippen LogP contribution in [0.1, 0.15) is 66.3 Å². The van der Waals surface area contributed by atoms with Crippen LogP contribution in [0.15, 0.2) is 30.3 Å². The Hall–Kier alpha value is -2.04. The van der Waals surface area contributed by atoms with Crippen molar-refractivity contribution in [2.75, 3.05) is 0 Å². The molecule has 5 rings (SSSR count). The van der Waals surface area contributed by atoms with E-state index in [0.717, 1.165) is 24.8 Å². The molecular formula is C18H18FN3O. The second-order valence-electron chi connectivity index (χ2n) is 7.20. The van der Waals surface area contributed by atoms with Gasteiger partial charge in [0.15, 0.2) is 12.0 Å². The van der Waals surface area contributed by atoms with Crippen LogP contribution in [-0.4, -0.2) is 20.5 Å². The second kappa shape index (κ2) is 4.49. The predicted octanol–water partition coefficient (Wildman–Crippen LogP) is 3.65. The van der Waals surface area contributed by atoms with Gasteiger partial charge >= 0.3 is 0 Å². The zero-order valence-corrected chi connectivity index (χ0v) is 12.8. The summed E-state index contributed by atoms with van der Waals surface area (Å²) in [6.07, 6.45) is 3.69. The molecule has 0 amide bonds. The van der Waals surface area contributed by atoms with Crippen LogP contribution >= 0.6 is 0 Å². The molecule has 5 heteroatoms. The maximum atomic E-state index is 14.3. The van der Waals surface area contributed by atoms with E-state index in [-0.39, 0.29) is 29.0 Å². The van der Waals surface area contributed by atoms with Gasteiger partial charge in [-0.3, -0.25) is 4.79 Å². The highest BCUT2D eigenvalue weighted by Gasteiger charge is 2.61. The Morgan fingerprint density at radius 2 is 2.04 bits per heavy atom. The molecule has 2 saturated carbocycles. The fourth-order valence-electron chi connectivity index (χ4n) is 4.29. The number of ketones is 1. The van der Waals surface area contributed by atoms with Crippen molar-refractivity contribution in [2.45, 2.75) is 44.3 Å². The lowest BCUT2D eigenvalue weighted by Gasteiger charge is -2.25. The van der Waals surface area contributed by atoms with E-state index in [1.54, 1.807) is 4.68 Å². The number of hydrogen-bond donors (Lipinski definition) is 0. The number of alkyl halides is 1. The molecule has 1 aliphatic heterocycles. The van der Waals surface area contributed by atoms with Crippen LogP contribution in [0.4, 0.5) is 4.39 Å². The molecule has 3 unspecified atom stereocenters. The first-order valence-corrected chi connectivity index (χ1v) is 8.38. The Morgan fingerprint density at radius 3 is 2.70 bits per heavy atom. The lowest BCUT2D eigenvalue weighted by atomic mass is 9.79. The van der Waals surface area contributed by atoms with E-state index in [0.29, 0.717) is 12.2 Å². The normalized spacial score (nSPS) is 30.0. The van der Waals surface area contributed by atoms with Crippen molar-refractivity contribution in [3.8, 4) is 0 Å². The zero-order valence-electron chi connectivity index (χ0n) is 12.8. The molecule has 0 N–H and O–H groups in total. The van der Waals surface area contributed by atoms with Crippen molar-refractivity contribution in [3.63, 3.8) is 0 Å². The lowest BCUT2D eigenvalue weighted by Crippen LogP contribution is -2.20. The van der Waals surface area contributed by atoms with E-state index >= 15 is 0 Å². The number of carbonyl (C=O) groups is 1. The Bertz CT molecular complexity index is 781. The van der Waals surface area contributed by atoms with Crippen molar-refractivity contribution in [2.24, 2.45) is 11.3 Å². The molecule has 2 fully saturated rings. The number of hydrogen-bond acceptors (Lipinski definition) is 3. The third-order valence-electron chi connectivity index (χ3n) is 5.92. The minimum Gasteiger partial charge on any atom is -0.290 e. The molecule has 2 heterocycles. The summed E-state index contributed by atoms with van der Waals surface area (Å²) in [4.78, 5) is 16.9. The molecule has 118 valence electrons. The molecule has 1 aromatic heterocycles. The molecule has 1 aromatic carbocycles. The molecule has 4 nitrogen and oxygen atoms in total. The summed E-state index contributed by atoms with van der Waals surface area (Å²) in [7, 11) is 0. The van der Waals surface area contributed by atoms with Gasteiger partial charge in [0, 0.05) is 12.3 Å². The summed E-state index contributed by atoms with van der Waals surface area (Å²) in [6, 6.07) is 9.60. The number of halogens is 1. The smallest absolute Gasteiger partial charge is 0.217 e. The summed E-state index contributed by atoms with van der Waals surface area (Å²) in [5.41, 5.74) is 1.26. The molecule has 2 aliphatic carbocycles. The average molecular weight is 311 g/mol. The van der Waals surface area contributed by atoms with Gasteiger partial charge in [-0.1, -0.05) is 36.8 Å². The summed E-state index contributed by atoms with van der Waals surface area (Å²) >= 11 is 0. The van der Waals surface area contributed by atoms with Crippen molar-refractivity contribution in [1.29, 1.82) is 0 Å². The Labute approximate surface area is 133 Å². The second-order valence-corrected chi connectivity index (χ2v) is 7.20. The fourth-order valence-corrected chi connectivity index (χ4v) is 4.29. The molecule has 1 spiro atoms. The van der Waals surface area contributed by atoms with Crippen LogP contribution in [-0.2, 0) is 0 Å². The standard InChI is InChI=1S/C18H18FN3O/c19-13-9-14(11-5-2-1-3-6-11)22-17(13)20-16(21-22)15(23)12-10-18(12)7-4-8-18/h1-3,5-6,12-14H,4,7-10H2. The van der Waals surface area contributed by atoms with Gasteiger partial charge in [-0.25, -0.2) is 14.1 Å².